The molecule has 0 saturated heterocycles. The minimum atomic E-state index is -0.624. The van der Waals surface area contributed by atoms with Gasteiger partial charge in [-0.3, -0.25) is 4.84 Å². The summed E-state index contributed by atoms with van der Waals surface area (Å²) in [6.45, 7) is 4.05. The SMILES string of the molecule is CCC(C)NOC(CC1=CC=CCC=C1)C(=O)OC. The van der Waals surface area contributed by atoms with E-state index in [1.165, 1.54) is 7.11 Å². The van der Waals surface area contributed by atoms with E-state index in [1.807, 2.05) is 25.2 Å². The Labute approximate surface area is 115 Å². The molecule has 0 amide bonds. The molecular weight excluding hydrogens is 242 g/mol. The molecule has 4 nitrogen and oxygen atoms in total. The summed E-state index contributed by atoms with van der Waals surface area (Å²) >= 11 is 0. The third kappa shape index (κ3) is 5.85. The molecule has 1 rings (SSSR count). The van der Waals surface area contributed by atoms with E-state index in [4.69, 9.17) is 9.57 Å². The molecular formula is C15H23NO3. The highest BCUT2D eigenvalue weighted by atomic mass is 16.7. The summed E-state index contributed by atoms with van der Waals surface area (Å²) in [7, 11) is 1.37. The van der Waals surface area contributed by atoms with Crippen molar-refractivity contribution in [1.29, 1.82) is 0 Å². The zero-order valence-electron chi connectivity index (χ0n) is 11.9. The fraction of sp³-hybridized carbons (Fsp3) is 0.533. The van der Waals surface area contributed by atoms with Crippen LogP contribution in [-0.4, -0.2) is 25.2 Å². The van der Waals surface area contributed by atoms with Crippen molar-refractivity contribution >= 4 is 5.97 Å². The third-order valence-electron chi connectivity index (χ3n) is 2.96. The largest absolute Gasteiger partial charge is 0.467 e. The molecule has 0 saturated carbocycles. The standard InChI is InChI=1S/C15H23NO3/c1-4-12(2)16-19-14(15(17)18-3)11-13-9-7-5-6-8-10-13/h5,7-10,12,14,16H,4,6,11H2,1-3H3. The number of rotatable bonds is 7. The van der Waals surface area contributed by atoms with Crippen LogP contribution in [0.1, 0.15) is 33.1 Å². The van der Waals surface area contributed by atoms with E-state index in [1.54, 1.807) is 0 Å². The van der Waals surface area contributed by atoms with Crippen LogP contribution in [0, 0.1) is 0 Å². The Morgan fingerprint density at radius 1 is 1.47 bits per heavy atom. The highest BCUT2D eigenvalue weighted by Gasteiger charge is 2.22. The van der Waals surface area contributed by atoms with E-state index < -0.39 is 6.10 Å². The van der Waals surface area contributed by atoms with Crippen molar-refractivity contribution in [2.75, 3.05) is 7.11 Å². The molecule has 0 aromatic rings. The number of esters is 1. The second-order valence-corrected chi connectivity index (χ2v) is 4.57. The molecule has 0 spiro atoms. The fourth-order valence-corrected chi connectivity index (χ4v) is 1.56. The number of ether oxygens (including phenoxy) is 1. The van der Waals surface area contributed by atoms with Crippen LogP contribution in [-0.2, 0) is 14.4 Å². The van der Waals surface area contributed by atoms with Gasteiger partial charge in [0.2, 0.25) is 0 Å². The number of carbonyl (C=O) groups is 1. The second kappa shape index (κ2) is 8.67. The Morgan fingerprint density at radius 2 is 2.26 bits per heavy atom. The molecule has 1 aliphatic carbocycles. The molecule has 0 radical (unpaired) electrons. The molecule has 2 atom stereocenters. The summed E-state index contributed by atoms with van der Waals surface area (Å²) in [6.07, 6.45) is 11.8. The zero-order chi connectivity index (χ0) is 14.1. The van der Waals surface area contributed by atoms with Gasteiger partial charge in [0.1, 0.15) is 0 Å². The number of hydroxylamine groups is 1. The average Bonchev–Trinajstić information content (AvgIpc) is 2.70. The van der Waals surface area contributed by atoms with Crippen LogP contribution in [0.2, 0.25) is 0 Å². The molecule has 4 heteroatoms. The molecule has 0 aromatic heterocycles. The van der Waals surface area contributed by atoms with E-state index in [0.29, 0.717) is 6.42 Å². The first-order valence-corrected chi connectivity index (χ1v) is 6.68. The summed E-state index contributed by atoms with van der Waals surface area (Å²) in [6, 6.07) is 0.200. The van der Waals surface area contributed by atoms with Crippen molar-refractivity contribution in [3.05, 3.63) is 36.0 Å². The maximum Gasteiger partial charge on any atom is 0.337 e. The van der Waals surface area contributed by atoms with Crippen LogP contribution >= 0.6 is 0 Å². The van der Waals surface area contributed by atoms with Crippen LogP contribution in [0.25, 0.3) is 0 Å². The number of nitrogens with one attached hydrogen (secondary N) is 1. The van der Waals surface area contributed by atoms with E-state index in [-0.39, 0.29) is 12.0 Å². The number of hydrogen-bond donors (Lipinski definition) is 1. The average molecular weight is 265 g/mol. The van der Waals surface area contributed by atoms with Gasteiger partial charge < -0.3 is 4.74 Å². The Kier molecular flexibility index (Phi) is 7.15. The van der Waals surface area contributed by atoms with Gasteiger partial charge in [-0.25, -0.2) is 4.79 Å². The maximum atomic E-state index is 11.7. The predicted octanol–water partition coefficient (Wildman–Crippen LogP) is 2.68. The van der Waals surface area contributed by atoms with Crippen LogP contribution < -0.4 is 5.48 Å². The molecule has 106 valence electrons. The minimum absolute atomic E-state index is 0.200. The highest BCUT2D eigenvalue weighted by molar-refractivity contribution is 5.75. The first-order chi connectivity index (χ1) is 9.17. The lowest BCUT2D eigenvalue weighted by atomic mass is 10.1. The van der Waals surface area contributed by atoms with E-state index in [9.17, 15) is 4.79 Å². The summed E-state index contributed by atoms with van der Waals surface area (Å²) < 4.78 is 4.78. The van der Waals surface area contributed by atoms with Crippen molar-refractivity contribution < 1.29 is 14.4 Å². The van der Waals surface area contributed by atoms with Gasteiger partial charge in [-0.1, -0.05) is 37.3 Å². The third-order valence-corrected chi connectivity index (χ3v) is 2.96. The minimum Gasteiger partial charge on any atom is -0.467 e. The first kappa shape index (κ1) is 15.7. The molecule has 2 unspecified atom stereocenters. The number of methoxy groups -OCH3 is 1. The number of allylic oxidation sites excluding steroid dienone is 5. The monoisotopic (exact) mass is 265 g/mol. The van der Waals surface area contributed by atoms with Crippen molar-refractivity contribution in [1.82, 2.24) is 5.48 Å². The Morgan fingerprint density at radius 3 is 2.95 bits per heavy atom. The van der Waals surface area contributed by atoms with Gasteiger partial charge in [-0.05, 0) is 25.3 Å². The normalized spacial score (nSPS) is 17.5. The molecule has 19 heavy (non-hydrogen) atoms. The van der Waals surface area contributed by atoms with Crippen molar-refractivity contribution in [3.8, 4) is 0 Å². The zero-order valence-corrected chi connectivity index (χ0v) is 11.9. The molecule has 0 bridgehead atoms. The Bertz CT molecular complexity index is 372. The lowest BCUT2D eigenvalue weighted by Gasteiger charge is -2.19. The van der Waals surface area contributed by atoms with E-state index >= 15 is 0 Å². The molecule has 0 fully saturated rings. The number of hydrogen-bond acceptors (Lipinski definition) is 4. The lowest BCUT2D eigenvalue weighted by Crippen LogP contribution is -2.36. The van der Waals surface area contributed by atoms with Crippen LogP contribution in [0.3, 0.4) is 0 Å². The maximum absolute atomic E-state index is 11.7. The molecule has 0 heterocycles. The van der Waals surface area contributed by atoms with Gasteiger partial charge in [0.15, 0.2) is 6.10 Å². The van der Waals surface area contributed by atoms with E-state index in [2.05, 4.69) is 24.6 Å². The number of carbonyl (C=O) groups excluding carboxylic acids is 1. The van der Waals surface area contributed by atoms with Crippen molar-refractivity contribution in [3.63, 3.8) is 0 Å². The van der Waals surface area contributed by atoms with Gasteiger partial charge in [-0.2, -0.15) is 5.48 Å². The van der Waals surface area contributed by atoms with Crippen LogP contribution in [0.5, 0.6) is 0 Å². The first-order valence-electron chi connectivity index (χ1n) is 6.68. The Balaban J connectivity index is 2.61. The molecule has 0 aliphatic heterocycles. The molecule has 1 aliphatic rings. The summed E-state index contributed by atoms with van der Waals surface area (Å²) in [5.74, 6) is -0.363. The van der Waals surface area contributed by atoms with Crippen LogP contribution in [0.4, 0.5) is 0 Å². The Hall–Kier alpha value is -1.39. The van der Waals surface area contributed by atoms with E-state index in [0.717, 1.165) is 18.4 Å². The smallest absolute Gasteiger partial charge is 0.337 e. The second-order valence-electron chi connectivity index (χ2n) is 4.57. The highest BCUT2D eigenvalue weighted by Crippen LogP contribution is 2.14. The summed E-state index contributed by atoms with van der Waals surface area (Å²) in [4.78, 5) is 17.2. The van der Waals surface area contributed by atoms with Gasteiger partial charge in [0, 0.05) is 12.5 Å². The molecule has 0 aromatic carbocycles. The van der Waals surface area contributed by atoms with Gasteiger partial charge >= 0.3 is 5.97 Å². The fourth-order valence-electron chi connectivity index (χ4n) is 1.56. The summed E-state index contributed by atoms with van der Waals surface area (Å²) in [5, 5.41) is 0. The summed E-state index contributed by atoms with van der Waals surface area (Å²) in [5.41, 5.74) is 3.93. The quantitative estimate of drug-likeness (QED) is 0.568. The van der Waals surface area contributed by atoms with Gasteiger partial charge in [-0.15, -0.1) is 0 Å². The van der Waals surface area contributed by atoms with Gasteiger partial charge in [0.05, 0.1) is 7.11 Å². The van der Waals surface area contributed by atoms with Gasteiger partial charge in [0.25, 0.3) is 0 Å². The van der Waals surface area contributed by atoms with Crippen molar-refractivity contribution in [2.45, 2.75) is 45.3 Å². The predicted molar refractivity (Wildman–Crippen MR) is 75.4 cm³/mol. The van der Waals surface area contributed by atoms with Crippen LogP contribution in [0.15, 0.2) is 36.0 Å². The topological polar surface area (TPSA) is 47.6 Å². The van der Waals surface area contributed by atoms with Crippen molar-refractivity contribution in [2.24, 2.45) is 0 Å². The molecule has 1 N–H and O–H groups in total. The lowest BCUT2D eigenvalue weighted by molar-refractivity contribution is -0.160.